The fraction of sp³-hybridized carbons (Fsp3) is 0.143. The third-order valence-corrected chi connectivity index (χ3v) is 4.31. The second-order valence-electron chi connectivity index (χ2n) is 6.19. The predicted molar refractivity (Wildman–Crippen MR) is 107 cm³/mol. The molecule has 7 nitrogen and oxygen atoms in total. The third kappa shape index (κ3) is 4.32. The molecule has 28 heavy (non-hydrogen) atoms. The first-order valence-electron chi connectivity index (χ1n) is 8.63. The maximum absolute atomic E-state index is 12.4. The zero-order valence-electron chi connectivity index (χ0n) is 15.8. The van der Waals surface area contributed by atoms with E-state index >= 15 is 0 Å². The Balaban J connectivity index is 1.70. The van der Waals surface area contributed by atoms with Crippen molar-refractivity contribution < 1.29 is 14.3 Å². The molecule has 3 rings (SSSR count). The van der Waals surface area contributed by atoms with Crippen LogP contribution in [0.2, 0.25) is 0 Å². The first kappa shape index (κ1) is 19.0. The van der Waals surface area contributed by atoms with Gasteiger partial charge in [0.25, 0.3) is 5.91 Å². The van der Waals surface area contributed by atoms with Crippen LogP contribution in [-0.4, -0.2) is 29.0 Å². The van der Waals surface area contributed by atoms with E-state index in [1.54, 1.807) is 24.3 Å². The maximum atomic E-state index is 12.4. The number of ether oxygens (including phenoxy) is 1. The molecular formula is C21H20N4O3. The van der Waals surface area contributed by atoms with Crippen LogP contribution in [-0.2, 0) is 4.74 Å². The topological polar surface area (TPSA) is 93.2 Å². The number of hydrogen-bond acceptors (Lipinski definition) is 6. The van der Waals surface area contributed by atoms with E-state index in [9.17, 15) is 9.59 Å². The molecule has 3 aromatic rings. The molecule has 0 aliphatic rings. The lowest BCUT2D eigenvalue weighted by atomic mass is 10.1. The van der Waals surface area contributed by atoms with Crippen LogP contribution in [0.3, 0.4) is 0 Å². The normalized spacial score (nSPS) is 10.2. The molecule has 0 fully saturated rings. The highest BCUT2D eigenvalue weighted by molar-refractivity contribution is 6.04. The summed E-state index contributed by atoms with van der Waals surface area (Å²) in [6.07, 6.45) is 2.89. The minimum atomic E-state index is -0.428. The van der Waals surface area contributed by atoms with Crippen molar-refractivity contribution in [3.8, 4) is 0 Å². The number of aromatic nitrogens is 2. The molecule has 7 heteroatoms. The van der Waals surface area contributed by atoms with Gasteiger partial charge >= 0.3 is 5.97 Å². The van der Waals surface area contributed by atoms with Gasteiger partial charge in [-0.05, 0) is 49.2 Å². The van der Waals surface area contributed by atoms with Crippen molar-refractivity contribution >= 4 is 29.2 Å². The molecule has 0 radical (unpaired) electrons. The van der Waals surface area contributed by atoms with Crippen LogP contribution in [0.1, 0.15) is 31.8 Å². The fourth-order valence-electron chi connectivity index (χ4n) is 2.56. The van der Waals surface area contributed by atoms with Gasteiger partial charge in [-0.25, -0.2) is 14.8 Å². The zero-order chi connectivity index (χ0) is 20.1. The number of methoxy groups -OCH3 is 1. The summed E-state index contributed by atoms with van der Waals surface area (Å²) in [5.74, 6) is -0.402. The van der Waals surface area contributed by atoms with Crippen molar-refractivity contribution in [2.24, 2.45) is 0 Å². The molecule has 0 unspecified atom stereocenters. The Labute approximate surface area is 162 Å². The molecule has 0 aliphatic heterocycles. The van der Waals surface area contributed by atoms with E-state index in [0.29, 0.717) is 22.8 Å². The number of rotatable bonds is 5. The Morgan fingerprint density at radius 1 is 0.964 bits per heavy atom. The minimum absolute atomic E-state index is 0.284. The molecule has 1 heterocycles. The predicted octanol–water partition coefficient (Wildman–Crippen LogP) is 3.88. The van der Waals surface area contributed by atoms with Crippen molar-refractivity contribution in [2.75, 3.05) is 17.7 Å². The lowest BCUT2D eigenvalue weighted by molar-refractivity contribution is 0.0600. The Hall–Kier alpha value is -3.74. The number of carbonyl (C=O) groups excluding carboxylic acids is 2. The first-order chi connectivity index (χ1) is 13.5. The first-order valence-corrected chi connectivity index (χ1v) is 8.63. The van der Waals surface area contributed by atoms with Gasteiger partial charge in [0.05, 0.1) is 18.2 Å². The molecule has 0 aliphatic carbocycles. The largest absolute Gasteiger partial charge is 0.465 e. The lowest BCUT2D eigenvalue weighted by Crippen LogP contribution is -2.14. The van der Waals surface area contributed by atoms with E-state index < -0.39 is 5.97 Å². The third-order valence-electron chi connectivity index (χ3n) is 4.31. The smallest absolute Gasteiger partial charge is 0.337 e. The molecule has 0 bridgehead atoms. The minimum Gasteiger partial charge on any atom is -0.465 e. The Bertz CT molecular complexity index is 1020. The highest BCUT2D eigenvalue weighted by Crippen LogP contribution is 2.19. The van der Waals surface area contributed by atoms with Crippen LogP contribution in [0.15, 0.2) is 54.9 Å². The van der Waals surface area contributed by atoms with Crippen molar-refractivity contribution in [3.05, 3.63) is 77.1 Å². The number of carbonyl (C=O) groups is 2. The van der Waals surface area contributed by atoms with E-state index in [4.69, 9.17) is 4.74 Å². The van der Waals surface area contributed by atoms with Crippen molar-refractivity contribution in [1.29, 1.82) is 0 Å². The van der Waals surface area contributed by atoms with Gasteiger partial charge in [0.1, 0.15) is 0 Å². The summed E-state index contributed by atoms with van der Waals surface area (Å²) in [6, 6.07) is 12.5. The van der Waals surface area contributed by atoms with Crippen molar-refractivity contribution in [3.63, 3.8) is 0 Å². The number of anilines is 3. The van der Waals surface area contributed by atoms with E-state index in [1.807, 2.05) is 32.0 Å². The summed E-state index contributed by atoms with van der Waals surface area (Å²) >= 11 is 0. The van der Waals surface area contributed by atoms with Crippen molar-refractivity contribution in [2.45, 2.75) is 13.8 Å². The second kappa shape index (κ2) is 8.30. The molecule has 2 aromatic carbocycles. The number of aryl methyl sites for hydroxylation is 1. The highest BCUT2D eigenvalue weighted by Gasteiger charge is 2.11. The van der Waals surface area contributed by atoms with Crippen LogP contribution < -0.4 is 10.6 Å². The van der Waals surface area contributed by atoms with Crippen LogP contribution in [0.25, 0.3) is 0 Å². The molecule has 1 aromatic heterocycles. The maximum Gasteiger partial charge on any atom is 0.337 e. The average Bonchev–Trinajstić information content (AvgIpc) is 2.71. The van der Waals surface area contributed by atoms with E-state index in [-0.39, 0.29) is 5.91 Å². The fourth-order valence-corrected chi connectivity index (χ4v) is 2.56. The van der Waals surface area contributed by atoms with Crippen molar-refractivity contribution in [1.82, 2.24) is 9.97 Å². The van der Waals surface area contributed by atoms with Gasteiger partial charge in [-0.2, -0.15) is 0 Å². The van der Waals surface area contributed by atoms with Gasteiger partial charge in [0.15, 0.2) is 0 Å². The number of esters is 1. The standard InChI is InChI=1S/C21H20N4O3/c1-13-6-4-9-18(14(13)2)25-19(26)16-11-22-21(23-12-16)24-17-8-5-7-15(10-17)20(27)28-3/h4-12H,1-3H3,(H,25,26)(H,22,23,24). The van der Waals surface area contributed by atoms with Gasteiger partial charge in [-0.3, -0.25) is 4.79 Å². The zero-order valence-corrected chi connectivity index (χ0v) is 15.8. The van der Waals surface area contributed by atoms with Crippen LogP contribution in [0.4, 0.5) is 17.3 Å². The number of amides is 1. The molecule has 0 atom stereocenters. The van der Waals surface area contributed by atoms with Gasteiger partial charge < -0.3 is 15.4 Å². The van der Waals surface area contributed by atoms with Gasteiger partial charge in [0, 0.05) is 23.8 Å². The van der Waals surface area contributed by atoms with Gasteiger partial charge in [0.2, 0.25) is 5.95 Å². The average molecular weight is 376 g/mol. The Kier molecular flexibility index (Phi) is 5.64. The summed E-state index contributed by atoms with van der Waals surface area (Å²) in [4.78, 5) is 32.4. The monoisotopic (exact) mass is 376 g/mol. The van der Waals surface area contributed by atoms with Crippen LogP contribution in [0, 0.1) is 13.8 Å². The summed E-state index contributed by atoms with van der Waals surface area (Å²) < 4.78 is 4.71. The van der Waals surface area contributed by atoms with E-state index in [2.05, 4.69) is 20.6 Å². The number of benzene rings is 2. The molecule has 0 spiro atoms. The summed E-state index contributed by atoms with van der Waals surface area (Å²) in [5, 5.41) is 5.87. The number of nitrogens with zero attached hydrogens (tertiary/aromatic N) is 2. The Morgan fingerprint density at radius 2 is 1.68 bits per heavy atom. The van der Waals surface area contributed by atoms with Crippen LogP contribution in [0.5, 0.6) is 0 Å². The molecule has 142 valence electrons. The molecule has 2 N–H and O–H groups in total. The molecule has 1 amide bonds. The quantitative estimate of drug-likeness (QED) is 0.657. The van der Waals surface area contributed by atoms with Gasteiger partial charge in [-0.1, -0.05) is 18.2 Å². The highest BCUT2D eigenvalue weighted by atomic mass is 16.5. The van der Waals surface area contributed by atoms with E-state index in [1.165, 1.54) is 19.5 Å². The number of nitrogens with one attached hydrogen (secondary N) is 2. The summed E-state index contributed by atoms with van der Waals surface area (Å²) in [5.41, 5.74) is 4.26. The summed E-state index contributed by atoms with van der Waals surface area (Å²) in [6.45, 7) is 3.95. The second-order valence-corrected chi connectivity index (χ2v) is 6.19. The molecule has 0 saturated carbocycles. The molecule has 0 saturated heterocycles. The van der Waals surface area contributed by atoms with Gasteiger partial charge in [-0.15, -0.1) is 0 Å². The van der Waals surface area contributed by atoms with Crippen LogP contribution >= 0.6 is 0 Å². The lowest BCUT2D eigenvalue weighted by Gasteiger charge is -2.10. The summed E-state index contributed by atoms with van der Waals surface area (Å²) in [7, 11) is 1.33. The molecular weight excluding hydrogens is 356 g/mol. The number of hydrogen-bond donors (Lipinski definition) is 2. The van der Waals surface area contributed by atoms with E-state index in [0.717, 1.165) is 16.8 Å². The Morgan fingerprint density at radius 3 is 2.39 bits per heavy atom. The SMILES string of the molecule is COC(=O)c1cccc(Nc2ncc(C(=O)Nc3cccc(C)c3C)cn2)c1.